The standard InChI is InChI=1S/C11H20FNO2/c1-3-11(15,7-14)13-9-5-4-8(2)10(12)6-9/h6,8-9,13-15H,3-5,7H2,1-2H3/t8-,9-,11-/m0/s1. The largest absolute Gasteiger partial charge is 0.392 e. The molecule has 3 atom stereocenters. The molecule has 0 amide bonds. The number of rotatable bonds is 4. The molecular weight excluding hydrogens is 197 g/mol. The number of allylic oxidation sites excluding steroid dienone is 1. The Morgan fingerprint density at radius 3 is 2.73 bits per heavy atom. The molecule has 0 saturated heterocycles. The molecule has 1 aliphatic carbocycles. The molecular formula is C11H20FNO2. The van der Waals surface area contributed by atoms with Crippen LogP contribution in [0.5, 0.6) is 0 Å². The number of aliphatic hydroxyl groups excluding tert-OH is 1. The van der Waals surface area contributed by atoms with Gasteiger partial charge in [-0.05, 0) is 25.3 Å². The van der Waals surface area contributed by atoms with Gasteiger partial charge in [-0.1, -0.05) is 13.8 Å². The Kier molecular flexibility index (Phi) is 4.25. The molecule has 0 aromatic carbocycles. The molecule has 0 fully saturated rings. The Labute approximate surface area is 90.0 Å². The summed E-state index contributed by atoms with van der Waals surface area (Å²) < 4.78 is 13.3. The van der Waals surface area contributed by atoms with Gasteiger partial charge < -0.3 is 10.2 Å². The van der Waals surface area contributed by atoms with Crippen molar-refractivity contribution in [1.82, 2.24) is 5.32 Å². The van der Waals surface area contributed by atoms with Gasteiger partial charge in [-0.15, -0.1) is 0 Å². The third-order valence-electron chi connectivity index (χ3n) is 3.04. The molecule has 0 aromatic heterocycles. The van der Waals surface area contributed by atoms with E-state index in [0.29, 0.717) is 6.42 Å². The average molecular weight is 217 g/mol. The lowest BCUT2D eigenvalue weighted by Gasteiger charge is -2.32. The Morgan fingerprint density at radius 1 is 1.60 bits per heavy atom. The summed E-state index contributed by atoms with van der Waals surface area (Å²) in [5.74, 6) is -0.151. The van der Waals surface area contributed by atoms with Crippen molar-refractivity contribution >= 4 is 0 Å². The molecule has 0 radical (unpaired) electrons. The van der Waals surface area contributed by atoms with E-state index in [1.54, 1.807) is 6.92 Å². The molecule has 88 valence electrons. The van der Waals surface area contributed by atoms with E-state index in [0.717, 1.165) is 12.8 Å². The number of nitrogens with one attached hydrogen (secondary N) is 1. The lowest BCUT2D eigenvalue weighted by molar-refractivity contribution is -0.0521. The molecule has 0 bridgehead atoms. The van der Waals surface area contributed by atoms with Gasteiger partial charge in [-0.3, -0.25) is 5.32 Å². The van der Waals surface area contributed by atoms with Crippen LogP contribution < -0.4 is 5.32 Å². The average Bonchev–Trinajstić information content (AvgIpc) is 2.23. The summed E-state index contributed by atoms with van der Waals surface area (Å²) in [6.45, 7) is 3.26. The van der Waals surface area contributed by atoms with E-state index < -0.39 is 5.72 Å². The summed E-state index contributed by atoms with van der Waals surface area (Å²) in [6, 6.07) is -0.182. The minimum Gasteiger partial charge on any atom is -0.392 e. The van der Waals surface area contributed by atoms with Gasteiger partial charge in [0.2, 0.25) is 0 Å². The lowest BCUT2D eigenvalue weighted by atomic mass is 9.92. The van der Waals surface area contributed by atoms with Crippen molar-refractivity contribution < 1.29 is 14.6 Å². The van der Waals surface area contributed by atoms with Gasteiger partial charge in [0.25, 0.3) is 0 Å². The zero-order valence-electron chi connectivity index (χ0n) is 9.33. The molecule has 1 rings (SSSR count). The third kappa shape index (κ3) is 3.26. The first-order valence-corrected chi connectivity index (χ1v) is 5.49. The summed E-state index contributed by atoms with van der Waals surface area (Å²) in [6.07, 6.45) is 3.46. The Bertz CT molecular complexity index is 239. The minimum absolute atomic E-state index is 0.0214. The van der Waals surface area contributed by atoms with Gasteiger partial charge in [0.1, 0.15) is 11.6 Å². The first-order valence-electron chi connectivity index (χ1n) is 5.49. The summed E-state index contributed by atoms with van der Waals surface area (Å²) in [5.41, 5.74) is -1.29. The number of aliphatic hydroxyl groups is 2. The summed E-state index contributed by atoms with van der Waals surface area (Å²) in [4.78, 5) is 0. The van der Waals surface area contributed by atoms with Crippen LogP contribution in [0.3, 0.4) is 0 Å². The fourth-order valence-electron chi connectivity index (χ4n) is 1.73. The van der Waals surface area contributed by atoms with Gasteiger partial charge >= 0.3 is 0 Å². The second-order valence-electron chi connectivity index (χ2n) is 4.32. The second kappa shape index (κ2) is 5.05. The molecule has 3 N–H and O–H groups in total. The van der Waals surface area contributed by atoms with Gasteiger partial charge in [-0.2, -0.15) is 0 Å². The number of hydrogen-bond acceptors (Lipinski definition) is 3. The molecule has 4 heteroatoms. The van der Waals surface area contributed by atoms with Gasteiger partial charge in [-0.25, -0.2) is 4.39 Å². The van der Waals surface area contributed by atoms with Crippen LogP contribution in [-0.4, -0.2) is 28.6 Å². The van der Waals surface area contributed by atoms with E-state index in [4.69, 9.17) is 5.11 Å². The van der Waals surface area contributed by atoms with Gasteiger partial charge in [0.15, 0.2) is 0 Å². The van der Waals surface area contributed by atoms with Crippen LogP contribution in [-0.2, 0) is 0 Å². The van der Waals surface area contributed by atoms with E-state index >= 15 is 0 Å². The SMILES string of the molecule is CC[C@](O)(CO)N[C@@H]1C=C(F)[C@@H](C)CC1. The van der Waals surface area contributed by atoms with Crippen molar-refractivity contribution in [2.24, 2.45) is 5.92 Å². The highest BCUT2D eigenvalue weighted by Crippen LogP contribution is 2.26. The van der Waals surface area contributed by atoms with E-state index in [9.17, 15) is 9.50 Å². The first-order chi connectivity index (χ1) is 7.00. The van der Waals surface area contributed by atoms with Crippen molar-refractivity contribution in [3.63, 3.8) is 0 Å². The van der Waals surface area contributed by atoms with Crippen molar-refractivity contribution in [3.05, 3.63) is 11.9 Å². The molecule has 0 unspecified atom stereocenters. The van der Waals surface area contributed by atoms with Gasteiger partial charge in [0, 0.05) is 12.0 Å². The molecule has 1 aliphatic rings. The monoisotopic (exact) mass is 217 g/mol. The van der Waals surface area contributed by atoms with Gasteiger partial charge in [0.05, 0.1) is 6.61 Å². The Hall–Kier alpha value is -0.450. The molecule has 0 aromatic rings. The first kappa shape index (κ1) is 12.6. The third-order valence-corrected chi connectivity index (χ3v) is 3.04. The normalized spacial score (nSPS) is 30.9. The van der Waals surface area contributed by atoms with Crippen molar-refractivity contribution in [2.75, 3.05) is 6.61 Å². The fourth-order valence-corrected chi connectivity index (χ4v) is 1.73. The minimum atomic E-state index is -1.29. The zero-order chi connectivity index (χ0) is 11.5. The smallest absolute Gasteiger partial charge is 0.139 e. The van der Waals surface area contributed by atoms with Crippen LogP contribution in [0, 0.1) is 5.92 Å². The molecule has 0 spiro atoms. The Balaban J connectivity index is 2.60. The number of hydrogen-bond donors (Lipinski definition) is 3. The van der Waals surface area contributed by atoms with Crippen molar-refractivity contribution in [2.45, 2.75) is 44.9 Å². The maximum atomic E-state index is 13.3. The van der Waals surface area contributed by atoms with Crippen LogP contribution in [0.15, 0.2) is 11.9 Å². The highest BCUT2D eigenvalue weighted by molar-refractivity contribution is 5.08. The quantitative estimate of drug-likeness (QED) is 0.622. The maximum absolute atomic E-state index is 13.3. The summed E-state index contributed by atoms with van der Waals surface area (Å²) in [7, 11) is 0. The molecule has 0 saturated carbocycles. The second-order valence-corrected chi connectivity index (χ2v) is 4.32. The van der Waals surface area contributed by atoms with Crippen LogP contribution in [0.25, 0.3) is 0 Å². The lowest BCUT2D eigenvalue weighted by Crippen LogP contribution is -2.52. The van der Waals surface area contributed by atoms with E-state index in [1.165, 1.54) is 6.08 Å². The predicted octanol–water partition coefficient (Wildman–Crippen LogP) is 1.32. The van der Waals surface area contributed by atoms with Crippen LogP contribution in [0.1, 0.15) is 33.1 Å². The highest BCUT2D eigenvalue weighted by Gasteiger charge is 2.28. The summed E-state index contributed by atoms with van der Waals surface area (Å²) in [5, 5.41) is 21.7. The van der Waals surface area contributed by atoms with Crippen molar-refractivity contribution in [3.8, 4) is 0 Å². The van der Waals surface area contributed by atoms with Crippen LogP contribution in [0.4, 0.5) is 4.39 Å². The molecule has 0 aliphatic heterocycles. The predicted molar refractivity (Wildman–Crippen MR) is 56.8 cm³/mol. The van der Waals surface area contributed by atoms with Crippen LogP contribution in [0.2, 0.25) is 0 Å². The van der Waals surface area contributed by atoms with Crippen LogP contribution >= 0.6 is 0 Å². The highest BCUT2D eigenvalue weighted by atomic mass is 19.1. The van der Waals surface area contributed by atoms with E-state index in [1.807, 2.05) is 6.92 Å². The molecule has 3 nitrogen and oxygen atoms in total. The maximum Gasteiger partial charge on any atom is 0.139 e. The van der Waals surface area contributed by atoms with E-state index in [-0.39, 0.29) is 24.4 Å². The Morgan fingerprint density at radius 2 is 2.27 bits per heavy atom. The summed E-state index contributed by atoms with van der Waals surface area (Å²) >= 11 is 0. The molecule has 0 heterocycles. The molecule has 15 heavy (non-hydrogen) atoms. The zero-order valence-corrected chi connectivity index (χ0v) is 9.33. The number of halogens is 1. The van der Waals surface area contributed by atoms with Crippen molar-refractivity contribution in [1.29, 1.82) is 0 Å². The fraction of sp³-hybridized carbons (Fsp3) is 0.818. The van der Waals surface area contributed by atoms with E-state index in [2.05, 4.69) is 5.32 Å². The topological polar surface area (TPSA) is 52.5 Å².